The first-order chi connectivity index (χ1) is 19.1. The molecule has 0 rings (SSSR count). The number of halogens is 27. The van der Waals surface area contributed by atoms with Crippen molar-refractivity contribution in [3.8, 4) is 0 Å². The van der Waals surface area contributed by atoms with Gasteiger partial charge in [-0.3, -0.25) is 0 Å². The minimum atomic E-state index is -9.75. The van der Waals surface area contributed by atoms with Gasteiger partial charge in [-0.15, -0.1) is 0 Å². The Balaban J connectivity index is 7.33. The van der Waals surface area contributed by atoms with Gasteiger partial charge in [-0.1, -0.05) is 0 Å². The van der Waals surface area contributed by atoms with Crippen molar-refractivity contribution in [3.05, 3.63) is 0 Å². The van der Waals surface area contributed by atoms with E-state index < -0.39 is 96.7 Å². The fourth-order valence-electron chi connectivity index (χ4n) is 2.78. The van der Waals surface area contributed by atoms with Gasteiger partial charge in [0.05, 0.1) is 0 Å². The summed E-state index contributed by atoms with van der Waals surface area (Å²) >= 11 is 0. The third-order valence-electron chi connectivity index (χ3n) is 5.60. The number of methoxy groups -OCH3 is 1. The van der Waals surface area contributed by atoms with E-state index in [9.17, 15) is 119 Å². The summed E-state index contributed by atoms with van der Waals surface area (Å²) in [5.74, 6) is -109. The zero-order valence-corrected chi connectivity index (χ0v) is 20.2. The van der Waals surface area contributed by atoms with E-state index in [0.717, 1.165) is 0 Å². The summed E-state index contributed by atoms with van der Waals surface area (Å²) in [6.07, 6.45) is -12.7. The molecule has 0 aromatic rings. The summed E-state index contributed by atoms with van der Waals surface area (Å²) < 4.78 is 364. The second kappa shape index (κ2) is 11.1. The second-order valence-corrected chi connectivity index (χ2v) is 8.62. The number of hydrogen-bond donors (Lipinski definition) is 0. The lowest BCUT2D eigenvalue weighted by Gasteiger charge is -2.46. The van der Waals surface area contributed by atoms with Crippen molar-refractivity contribution < 1.29 is 123 Å². The normalized spacial score (nSPS) is 16.8. The van der Waals surface area contributed by atoms with E-state index >= 15 is 0 Å². The fraction of sp³-hybridized carbons (Fsp3) is 1.00. The Hall–Kier alpha value is -1.93. The fourth-order valence-corrected chi connectivity index (χ4v) is 2.78. The van der Waals surface area contributed by atoms with Gasteiger partial charge >= 0.3 is 77.2 Å². The quantitative estimate of drug-likeness (QED) is 0.120. The Kier molecular flexibility index (Phi) is 10.6. The molecule has 0 saturated heterocycles. The predicted octanol–water partition coefficient (Wildman–Crippen LogP) is 9.60. The predicted molar refractivity (Wildman–Crippen MR) is 86.5 cm³/mol. The van der Waals surface area contributed by atoms with Crippen LogP contribution >= 0.6 is 0 Å². The maximum absolute atomic E-state index is 13.7. The highest BCUT2D eigenvalue weighted by Gasteiger charge is 3.00. The van der Waals surface area contributed by atoms with E-state index in [2.05, 4.69) is 4.74 Å². The van der Waals surface area contributed by atoms with Crippen molar-refractivity contribution >= 4 is 0 Å². The van der Waals surface area contributed by atoms with Crippen molar-refractivity contribution in [1.29, 1.82) is 0 Å². The molecule has 0 aliphatic rings. The lowest BCUT2D eigenvalue weighted by atomic mass is 9.83. The van der Waals surface area contributed by atoms with Crippen LogP contribution in [0, 0.1) is 0 Å². The third kappa shape index (κ3) is 5.38. The van der Waals surface area contributed by atoms with Gasteiger partial charge in [0, 0.05) is 20.1 Å². The molecule has 0 amide bonds. The summed E-state index contributed by atoms with van der Waals surface area (Å²) in [4.78, 5) is 0. The molecule has 0 aromatic heterocycles. The van der Waals surface area contributed by atoms with E-state index in [-0.39, 0.29) is 0 Å². The zero-order valence-electron chi connectivity index (χ0n) is 20.2. The maximum atomic E-state index is 13.7. The van der Waals surface area contributed by atoms with E-state index in [1.54, 1.807) is 0 Å². The van der Waals surface area contributed by atoms with Gasteiger partial charge in [-0.25, -0.2) is 0 Å². The molecule has 0 saturated carbocycles. The Morgan fingerprint density at radius 1 is 0.311 bits per heavy atom. The van der Waals surface area contributed by atoms with Crippen LogP contribution in [0.15, 0.2) is 0 Å². The van der Waals surface area contributed by atoms with E-state index in [0.29, 0.717) is 7.11 Å². The molecule has 28 heteroatoms. The molecule has 45 heavy (non-hydrogen) atoms. The zero-order chi connectivity index (χ0) is 37.3. The minimum Gasteiger partial charge on any atom is -0.385 e. The molecular weight excluding hydrogens is 733 g/mol. The molecule has 0 unspecified atom stereocenters. The summed E-state index contributed by atoms with van der Waals surface area (Å²) in [7, 11) is 0.583. The van der Waals surface area contributed by atoms with Crippen LogP contribution in [0.1, 0.15) is 12.8 Å². The number of rotatable bonds is 15. The molecule has 0 atom stereocenters. The minimum absolute atomic E-state index is 0.583. The summed E-state index contributed by atoms with van der Waals surface area (Å²) in [6.45, 7) is -1.16. The molecule has 1 nitrogen and oxygen atoms in total. The highest BCUT2D eigenvalue weighted by Crippen LogP contribution is 2.68. The molecule has 0 aromatic carbocycles. The number of hydrogen-bond acceptors (Lipinski definition) is 1. The van der Waals surface area contributed by atoms with Gasteiger partial charge in [-0.2, -0.15) is 119 Å². The van der Waals surface area contributed by atoms with Crippen LogP contribution in [0.25, 0.3) is 0 Å². The molecule has 0 heterocycles. The Morgan fingerprint density at radius 3 is 0.711 bits per heavy atom. The van der Waals surface area contributed by atoms with Crippen molar-refractivity contribution in [2.45, 2.75) is 90.1 Å². The van der Waals surface area contributed by atoms with E-state index in [4.69, 9.17) is 0 Å². The molecule has 0 fully saturated rings. The molecule has 272 valence electrons. The van der Waals surface area contributed by atoms with Crippen LogP contribution in [0.4, 0.5) is 119 Å². The van der Waals surface area contributed by atoms with Crippen molar-refractivity contribution in [2.75, 3.05) is 13.7 Å². The average Bonchev–Trinajstić information content (AvgIpc) is 2.81. The van der Waals surface area contributed by atoms with Crippen LogP contribution < -0.4 is 0 Å². The standard InChI is InChI=1S/C17H9F27O/c1-45-4-2-3-5(18,19)6(20,21)7(22,23)8(24,25)9(26,27)10(28,29)11(30,31)12(32,33)13(34,35)14(36,37)15(38,39)16(40,41)17(42,43)44/h2-4H2,1H3. The molecule has 0 aliphatic carbocycles. The van der Waals surface area contributed by atoms with Gasteiger partial charge < -0.3 is 4.74 Å². The Bertz CT molecular complexity index is 1030. The van der Waals surface area contributed by atoms with Crippen LogP contribution in [-0.2, 0) is 4.74 Å². The molecule has 0 spiro atoms. The molecule has 0 N–H and O–H groups in total. The number of alkyl halides is 27. The van der Waals surface area contributed by atoms with Crippen molar-refractivity contribution in [1.82, 2.24) is 0 Å². The molecule has 0 radical (unpaired) electrons. The van der Waals surface area contributed by atoms with Gasteiger partial charge in [0.25, 0.3) is 0 Å². The highest BCUT2D eigenvalue weighted by atomic mass is 19.4. The van der Waals surface area contributed by atoms with Crippen LogP contribution in [0.2, 0.25) is 0 Å². The Morgan fingerprint density at radius 2 is 0.511 bits per heavy atom. The van der Waals surface area contributed by atoms with E-state index in [1.807, 2.05) is 0 Å². The van der Waals surface area contributed by atoms with Gasteiger partial charge in [0.15, 0.2) is 0 Å². The smallest absolute Gasteiger partial charge is 0.385 e. The van der Waals surface area contributed by atoms with E-state index in [1.165, 1.54) is 0 Å². The first kappa shape index (κ1) is 43.1. The topological polar surface area (TPSA) is 9.23 Å². The SMILES string of the molecule is COCCCC(F)(F)C(F)(F)C(F)(F)C(F)(F)C(F)(F)C(F)(F)C(F)(F)C(F)(F)C(F)(F)C(F)(F)C(F)(F)C(F)(F)C(F)(F)F. The van der Waals surface area contributed by atoms with Gasteiger partial charge in [0.2, 0.25) is 0 Å². The Labute approximate surface area is 228 Å². The number of ether oxygens (including phenoxy) is 1. The first-order valence-corrected chi connectivity index (χ1v) is 10.2. The van der Waals surface area contributed by atoms with Crippen molar-refractivity contribution in [2.24, 2.45) is 0 Å². The third-order valence-corrected chi connectivity index (χ3v) is 5.60. The monoisotopic (exact) mass is 742 g/mol. The highest BCUT2D eigenvalue weighted by molar-refractivity contribution is 5.20. The summed E-state index contributed by atoms with van der Waals surface area (Å²) in [6, 6.07) is 0. The maximum Gasteiger partial charge on any atom is 0.460 e. The van der Waals surface area contributed by atoms with Crippen molar-refractivity contribution in [3.63, 3.8) is 0 Å². The molecule has 0 aliphatic heterocycles. The average molecular weight is 742 g/mol. The largest absolute Gasteiger partial charge is 0.460 e. The lowest BCUT2D eigenvalue weighted by molar-refractivity contribution is -0.485. The second-order valence-electron chi connectivity index (χ2n) is 8.62. The van der Waals surface area contributed by atoms with Crippen LogP contribution in [-0.4, -0.2) is 91.0 Å². The lowest BCUT2D eigenvalue weighted by Crippen LogP contribution is -2.78. The van der Waals surface area contributed by atoms with Gasteiger partial charge in [0.1, 0.15) is 0 Å². The van der Waals surface area contributed by atoms with Crippen LogP contribution in [0.3, 0.4) is 0 Å². The first-order valence-electron chi connectivity index (χ1n) is 10.2. The van der Waals surface area contributed by atoms with Gasteiger partial charge in [-0.05, 0) is 6.42 Å². The molecule has 0 bridgehead atoms. The molecular formula is C17H9F27O. The van der Waals surface area contributed by atoms with Crippen LogP contribution in [0.5, 0.6) is 0 Å². The summed E-state index contributed by atoms with van der Waals surface area (Å²) in [5.41, 5.74) is 0. The summed E-state index contributed by atoms with van der Waals surface area (Å²) in [5, 5.41) is 0.